The number of carbonyl (C=O) groups is 2. The molecule has 1 atom stereocenters. The number of carbonyl (C=O) groups excluding carboxylic acids is 1. The van der Waals surface area contributed by atoms with Crippen LogP contribution in [-0.2, 0) is 20.7 Å². The second-order valence-corrected chi connectivity index (χ2v) is 4.24. The van der Waals surface area contributed by atoms with Crippen LogP contribution in [0.5, 0.6) is 0 Å². The lowest BCUT2D eigenvalue weighted by molar-refractivity contribution is -0.136. The van der Waals surface area contributed by atoms with Crippen LogP contribution in [0.15, 0.2) is 18.3 Å². The average molecular weight is 266 g/mol. The Bertz CT molecular complexity index is 431. The smallest absolute Gasteiger partial charge is 0.309 e. The van der Waals surface area contributed by atoms with Crippen LogP contribution in [0.25, 0.3) is 0 Å². The van der Waals surface area contributed by atoms with Gasteiger partial charge in [-0.15, -0.1) is 0 Å². The van der Waals surface area contributed by atoms with Crippen LogP contribution in [0.2, 0.25) is 0 Å². The number of anilines is 1. The summed E-state index contributed by atoms with van der Waals surface area (Å²) in [6, 6.07) is 3.23. The maximum absolute atomic E-state index is 11.6. The summed E-state index contributed by atoms with van der Waals surface area (Å²) in [6.45, 7) is 1.90. The molecule has 6 heteroatoms. The zero-order valence-corrected chi connectivity index (χ0v) is 11.0. The summed E-state index contributed by atoms with van der Waals surface area (Å²) in [4.78, 5) is 26.1. The molecule has 0 aliphatic carbocycles. The lowest BCUT2D eigenvalue weighted by atomic mass is 10.2. The molecule has 1 aromatic heterocycles. The van der Waals surface area contributed by atoms with E-state index in [4.69, 9.17) is 9.84 Å². The standard InChI is InChI=1S/C13H18N2O4/c1-9(19-2)3-6-12(16)15-11-5-4-10(14-8-11)7-13(17)18/h4-5,8-9H,3,6-7H2,1-2H3,(H,15,16)(H,17,18). The molecule has 0 aromatic carbocycles. The molecule has 0 saturated heterocycles. The Morgan fingerprint density at radius 2 is 2.21 bits per heavy atom. The van der Waals surface area contributed by atoms with Crippen LogP contribution in [0.3, 0.4) is 0 Å². The van der Waals surface area contributed by atoms with E-state index in [1.165, 1.54) is 6.20 Å². The maximum atomic E-state index is 11.6. The van der Waals surface area contributed by atoms with Crippen LogP contribution < -0.4 is 5.32 Å². The van der Waals surface area contributed by atoms with Crippen molar-refractivity contribution in [3.05, 3.63) is 24.0 Å². The van der Waals surface area contributed by atoms with Crippen LogP contribution in [0.4, 0.5) is 5.69 Å². The highest BCUT2D eigenvalue weighted by Gasteiger charge is 2.07. The fourth-order valence-electron chi connectivity index (χ4n) is 1.43. The highest BCUT2D eigenvalue weighted by Crippen LogP contribution is 2.08. The van der Waals surface area contributed by atoms with Gasteiger partial charge in [-0.05, 0) is 25.5 Å². The molecule has 0 aliphatic heterocycles. The first-order valence-electron chi connectivity index (χ1n) is 6.00. The summed E-state index contributed by atoms with van der Waals surface area (Å²) in [5, 5.41) is 11.3. The molecular formula is C13H18N2O4. The van der Waals surface area contributed by atoms with E-state index in [1.54, 1.807) is 19.2 Å². The molecule has 1 unspecified atom stereocenters. The van der Waals surface area contributed by atoms with E-state index in [1.807, 2.05) is 6.92 Å². The van der Waals surface area contributed by atoms with E-state index in [0.717, 1.165) is 0 Å². The minimum atomic E-state index is -0.933. The van der Waals surface area contributed by atoms with Gasteiger partial charge in [-0.2, -0.15) is 0 Å². The molecule has 0 radical (unpaired) electrons. The number of pyridine rings is 1. The number of aromatic nitrogens is 1. The lowest BCUT2D eigenvalue weighted by Gasteiger charge is -2.09. The Kier molecular flexibility index (Phi) is 5.95. The normalized spacial score (nSPS) is 11.9. The first-order chi connectivity index (χ1) is 9.01. The minimum absolute atomic E-state index is 0.0433. The van der Waals surface area contributed by atoms with Crippen LogP contribution >= 0.6 is 0 Å². The Balaban J connectivity index is 2.44. The van der Waals surface area contributed by atoms with Crippen molar-refractivity contribution in [3.63, 3.8) is 0 Å². The molecule has 0 saturated carbocycles. The highest BCUT2D eigenvalue weighted by atomic mass is 16.5. The van der Waals surface area contributed by atoms with Gasteiger partial charge in [-0.1, -0.05) is 0 Å². The molecule has 19 heavy (non-hydrogen) atoms. The number of rotatable bonds is 7. The summed E-state index contributed by atoms with van der Waals surface area (Å²) in [5.74, 6) is -1.05. The summed E-state index contributed by atoms with van der Waals surface area (Å²) < 4.78 is 5.06. The van der Waals surface area contributed by atoms with Gasteiger partial charge >= 0.3 is 5.97 Å². The van der Waals surface area contributed by atoms with E-state index in [0.29, 0.717) is 24.2 Å². The number of aliphatic carboxylic acids is 1. The second-order valence-electron chi connectivity index (χ2n) is 4.24. The lowest BCUT2D eigenvalue weighted by Crippen LogP contribution is -2.15. The van der Waals surface area contributed by atoms with Gasteiger partial charge in [0.2, 0.25) is 5.91 Å². The van der Waals surface area contributed by atoms with E-state index in [-0.39, 0.29) is 18.4 Å². The van der Waals surface area contributed by atoms with Crippen molar-refractivity contribution in [2.24, 2.45) is 0 Å². The highest BCUT2D eigenvalue weighted by molar-refractivity contribution is 5.90. The SMILES string of the molecule is COC(C)CCC(=O)Nc1ccc(CC(=O)O)nc1. The molecule has 104 valence electrons. The number of ether oxygens (including phenoxy) is 1. The van der Waals surface area contributed by atoms with Crippen molar-refractivity contribution in [1.29, 1.82) is 0 Å². The van der Waals surface area contributed by atoms with Gasteiger partial charge in [0.1, 0.15) is 0 Å². The molecule has 2 N–H and O–H groups in total. The number of nitrogens with one attached hydrogen (secondary N) is 1. The van der Waals surface area contributed by atoms with Crippen molar-refractivity contribution in [3.8, 4) is 0 Å². The molecule has 0 fully saturated rings. The van der Waals surface area contributed by atoms with E-state index < -0.39 is 5.97 Å². The number of nitrogens with zero attached hydrogens (tertiary/aromatic N) is 1. The fourth-order valence-corrected chi connectivity index (χ4v) is 1.43. The van der Waals surface area contributed by atoms with Crippen LogP contribution in [-0.4, -0.2) is 35.2 Å². The van der Waals surface area contributed by atoms with Gasteiger partial charge in [0.25, 0.3) is 0 Å². The number of carboxylic acids is 1. The number of hydrogen-bond acceptors (Lipinski definition) is 4. The predicted octanol–water partition coefficient (Wildman–Crippen LogP) is 1.46. The predicted molar refractivity (Wildman–Crippen MR) is 69.9 cm³/mol. The van der Waals surface area contributed by atoms with Gasteiger partial charge in [0, 0.05) is 13.5 Å². The number of carboxylic acid groups (broad SMARTS) is 1. The van der Waals surface area contributed by atoms with E-state index in [2.05, 4.69) is 10.3 Å². The zero-order valence-electron chi connectivity index (χ0n) is 11.0. The maximum Gasteiger partial charge on any atom is 0.309 e. The number of hydrogen-bond donors (Lipinski definition) is 2. The van der Waals surface area contributed by atoms with Gasteiger partial charge in [0.05, 0.1) is 30.1 Å². The molecule has 0 bridgehead atoms. The third-order valence-electron chi connectivity index (χ3n) is 2.62. The van der Waals surface area contributed by atoms with Crippen molar-refractivity contribution >= 4 is 17.6 Å². The molecule has 6 nitrogen and oxygen atoms in total. The van der Waals surface area contributed by atoms with Gasteiger partial charge in [0.15, 0.2) is 0 Å². The Labute approximate surface area is 111 Å². The van der Waals surface area contributed by atoms with Crippen LogP contribution in [0, 0.1) is 0 Å². The second kappa shape index (κ2) is 7.48. The zero-order chi connectivity index (χ0) is 14.3. The average Bonchev–Trinajstić information content (AvgIpc) is 2.37. The first kappa shape index (κ1) is 15.1. The monoisotopic (exact) mass is 266 g/mol. The molecule has 1 aromatic rings. The summed E-state index contributed by atoms with van der Waals surface area (Å²) in [6.07, 6.45) is 2.38. The van der Waals surface area contributed by atoms with Gasteiger partial charge < -0.3 is 15.2 Å². The minimum Gasteiger partial charge on any atom is -0.481 e. The summed E-state index contributed by atoms with van der Waals surface area (Å²) >= 11 is 0. The van der Waals surface area contributed by atoms with Crippen LogP contribution in [0.1, 0.15) is 25.5 Å². The fraction of sp³-hybridized carbons (Fsp3) is 0.462. The van der Waals surface area contributed by atoms with E-state index >= 15 is 0 Å². The molecular weight excluding hydrogens is 248 g/mol. The van der Waals surface area contributed by atoms with Gasteiger partial charge in [-0.3, -0.25) is 14.6 Å². The topological polar surface area (TPSA) is 88.5 Å². The summed E-state index contributed by atoms with van der Waals surface area (Å²) in [7, 11) is 1.60. The van der Waals surface area contributed by atoms with Crippen molar-refractivity contribution in [2.45, 2.75) is 32.3 Å². The Morgan fingerprint density at radius 3 is 2.74 bits per heavy atom. The first-order valence-corrected chi connectivity index (χ1v) is 6.00. The number of amides is 1. The molecule has 1 rings (SSSR count). The van der Waals surface area contributed by atoms with Crippen molar-refractivity contribution in [1.82, 2.24) is 4.98 Å². The third-order valence-corrected chi connectivity index (χ3v) is 2.62. The van der Waals surface area contributed by atoms with Crippen molar-refractivity contribution in [2.75, 3.05) is 12.4 Å². The van der Waals surface area contributed by atoms with E-state index in [9.17, 15) is 9.59 Å². The third kappa shape index (κ3) is 5.96. The molecule has 1 heterocycles. The Morgan fingerprint density at radius 1 is 1.47 bits per heavy atom. The number of methoxy groups -OCH3 is 1. The molecule has 1 amide bonds. The molecule has 0 aliphatic rings. The quantitative estimate of drug-likeness (QED) is 0.780. The van der Waals surface area contributed by atoms with Gasteiger partial charge in [-0.25, -0.2) is 0 Å². The van der Waals surface area contributed by atoms with Crippen molar-refractivity contribution < 1.29 is 19.4 Å². The largest absolute Gasteiger partial charge is 0.481 e. The Hall–Kier alpha value is -1.95. The molecule has 0 spiro atoms. The summed E-state index contributed by atoms with van der Waals surface area (Å²) in [5.41, 5.74) is 1.02.